The number of hydrogen-bond donors (Lipinski definition) is 1. The minimum Gasteiger partial charge on any atom is -0.379 e. The highest BCUT2D eigenvalue weighted by molar-refractivity contribution is 5.93. The Kier molecular flexibility index (Phi) is 5.28. The van der Waals surface area contributed by atoms with Crippen molar-refractivity contribution in [3.05, 3.63) is 0 Å². The van der Waals surface area contributed by atoms with E-state index in [1.54, 1.807) is 0 Å². The van der Waals surface area contributed by atoms with Crippen LogP contribution in [0, 0.1) is 0 Å². The summed E-state index contributed by atoms with van der Waals surface area (Å²) in [6, 6.07) is 0. The monoisotopic (exact) mass is 214 g/mol. The molecule has 1 heterocycles. The Morgan fingerprint density at radius 2 is 2.00 bits per heavy atom. The van der Waals surface area contributed by atoms with Gasteiger partial charge in [-0.3, -0.25) is 19.8 Å². The lowest BCUT2D eigenvalue weighted by Gasteiger charge is -2.26. The average Bonchev–Trinajstić information content (AvgIpc) is 2.18. The lowest BCUT2D eigenvalue weighted by Crippen LogP contribution is -2.37. The predicted molar refractivity (Wildman–Crippen MR) is 55.3 cm³/mol. The van der Waals surface area contributed by atoms with Gasteiger partial charge in [-0.05, 0) is 13.0 Å². The van der Waals surface area contributed by atoms with Gasteiger partial charge in [0.2, 0.25) is 11.8 Å². The van der Waals surface area contributed by atoms with Gasteiger partial charge >= 0.3 is 0 Å². The van der Waals surface area contributed by atoms with Crippen LogP contribution in [0.2, 0.25) is 0 Å². The van der Waals surface area contributed by atoms with Crippen LogP contribution in [-0.4, -0.2) is 49.6 Å². The molecule has 0 saturated carbocycles. The van der Waals surface area contributed by atoms with Gasteiger partial charge in [0.1, 0.15) is 0 Å². The summed E-state index contributed by atoms with van der Waals surface area (Å²) < 4.78 is 5.21. The molecule has 0 aliphatic carbocycles. The topological polar surface area (TPSA) is 58.6 Å². The van der Waals surface area contributed by atoms with Crippen molar-refractivity contribution >= 4 is 11.8 Å². The number of imide groups is 1. The highest BCUT2D eigenvalue weighted by Gasteiger charge is 2.10. The molecule has 0 aromatic carbocycles. The van der Waals surface area contributed by atoms with Crippen LogP contribution in [0.25, 0.3) is 0 Å². The number of nitrogens with zero attached hydrogens (tertiary/aromatic N) is 1. The average molecular weight is 214 g/mol. The summed E-state index contributed by atoms with van der Waals surface area (Å²) in [6.45, 7) is 5.68. The normalized spacial score (nSPS) is 17.4. The molecule has 15 heavy (non-hydrogen) atoms. The van der Waals surface area contributed by atoms with Crippen LogP contribution in [0.3, 0.4) is 0 Å². The molecule has 1 rings (SSSR count). The molecule has 5 nitrogen and oxygen atoms in total. The third kappa shape index (κ3) is 5.49. The first-order chi connectivity index (χ1) is 7.18. The van der Waals surface area contributed by atoms with E-state index >= 15 is 0 Å². The second-order valence-corrected chi connectivity index (χ2v) is 3.66. The molecule has 2 amide bonds. The van der Waals surface area contributed by atoms with Crippen LogP contribution >= 0.6 is 0 Å². The van der Waals surface area contributed by atoms with Gasteiger partial charge in [-0.2, -0.15) is 0 Å². The van der Waals surface area contributed by atoms with Crippen LogP contribution < -0.4 is 5.32 Å². The van der Waals surface area contributed by atoms with Crippen molar-refractivity contribution in [2.75, 3.05) is 32.8 Å². The van der Waals surface area contributed by atoms with E-state index in [9.17, 15) is 9.59 Å². The maximum atomic E-state index is 11.1. The zero-order chi connectivity index (χ0) is 11.1. The van der Waals surface area contributed by atoms with Crippen molar-refractivity contribution < 1.29 is 14.3 Å². The molecule has 0 unspecified atom stereocenters. The van der Waals surface area contributed by atoms with Crippen molar-refractivity contribution in [2.45, 2.75) is 19.8 Å². The maximum Gasteiger partial charge on any atom is 0.226 e. The number of morpholine rings is 1. The van der Waals surface area contributed by atoms with Gasteiger partial charge < -0.3 is 4.74 Å². The van der Waals surface area contributed by atoms with Crippen molar-refractivity contribution in [3.8, 4) is 0 Å². The number of carbonyl (C=O) groups excluding carboxylic acids is 2. The first kappa shape index (κ1) is 12.1. The largest absolute Gasteiger partial charge is 0.379 e. The van der Waals surface area contributed by atoms with Crippen LogP contribution in [-0.2, 0) is 14.3 Å². The Balaban J connectivity index is 2.04. The fraction of sp³-hybridized carbons (Fsp3) is 0.800. The Morgan fingerprint density at radius 3 is 2.60 bits per heavy atom. The van der Waals surface area contributed by atoms with Crippen molar-refractivity contribution in [2.24, 2.45) is 0 Å². The highest BCUT2D eigenvalue weighted by Crippen LogP contribution is 1.99. The minimum atomic E-state index is -0.286. The zero-order valence-corrected chi connectivity index (χ0v) is 9.12. The molecular weight excluding hydrogens is 196 g/mol. The van der Waals surface area contributed by atoms with E-state index in [1.165, 1.54) is 6.92 Å². The summed E-state index contributed by atoms with van der Waals surface area (Å²) in [5.41, 5.74) is 0. The van der Waals surface area contributed by atoms with Gasteiger partial charge in [0.15, 0.2) is 0 Å². The van der Waals surface area contributed by atoms with E-state index in [0.29, 0.717) is 6.42 Å². The van der Waals surface area contributed by atoms with Crippen molar-refractivity contribution in [1.82, 2.24) is 10.2 Å². The standard InChI is InChI=1S/C10H18N2O3/c1-9(13)11-10(14)3-2-4-12-5-7-15-8-6-12/h2-8H2,1H3,(H,11,13,14). The molecular formula is C10H18N2O3. The van der Waals surface area contributed by atoms with Gasteiger partial charge in [0.25, 0.3) is 0 Å². The van der Waals surface area contributed by atoms with E-state index in [2.05, 4.69) is 10.2 Å². The molecule has 1 fully saturated rings. The minimum absolute atomic E-state index is 0.184. The van der Waals surface area contributed by atoms with E-state index in [4.69, 9.17) is 4.74 Å². The fourth-order valence-electron chi connectivity index (χ4n) is 1.55. The second-order valence-electron chi connectivity index (χ2n) is 3.66. The number of ether oxygens (including phenoxy) is 1. The fourth-order valence-corrected chi connectivity index (χ4v) is 1.55. The second kappa shape index (κ2) is 6.53. The lowest BCUT2D eigenvalue weighted by atomic mass is 10.2. The smallest absolute Gasteiger partial charge is 0.226 e. The lowest BCUT2D eigenvalue weighted by molar-refractivity contribution is -0.129. The molecule has 1 aliphatic heterocycles. The third-order valence-electron chi connectivity index (χ3n) is 2.30. The number of nitrogens with one attached hydrogen (secondary N) is 1. The molecule has 86 valence electrons. The van der Waals surface area contributed by atoms with E-state index in [-0.39, 0.29) is 11.8 Å². The summed E-state index contributed by atoms with van der Waals surface area (Å²) in [5.74, 6) is -0.470. The molecule has 5 heteroatoms. The first-order valence-electron chi connectivity index (χ1n) is 5.29. The Labute approximate surface area is 89.8 Å². The molecule has 0 aromatic rings. The van der Waals surface area contributed by atoms with Crippen LogP contribution in [0.15, 0.2) is 0 Å². The highest BCUT2D eigenvalue weighted by atomic mass is 16.5. The summed E-state index contributed by atoms with van der Waals surface area (Å²) in [4.78, 5) is 23.9. The summed E-state index contributed by atoms with van der Waals surface area (Å²) in [7, 11) is 0. The summed E-state index contributed by atoms with van der Waals surface area (Å²) >= 11 is 0. The molecule has 0 atom stereocenters. The third-order valence-corrected chi connectivity index (χ3v) is 2.30. The summed E-state index contributed by atoms with van der Waals surface area (Å²) in [6.07, 6.45) is 1.20. The number of amides is 2. The zero-order valence-electron chi connectivity index (χ0n) is 9.12. The van der Waals surface area contributed by atoms with Crippen LogP contribution in [0.4, 0.5) is 0 Å². The number of carbonyl (C=O) groups is 2. The Hall–Kier alpha value is -0.940. The molecule has 0 radical (unpaired) electrons. The van der Waals surface area contributed by atoms with Crippen molar-refractivity contribution in [3.63, 3.8) is 0 Å². The van der Waals surface area contributed by atoms with Gasteiger partial charge in [0, 0.05) is 26.4 Å². The Bertz CT molecular complexity index is 225. The summed E-state index contributed by atoms with van der Waals surface area (Å²) in [5, 5.41) is 2.26. The van der Waals surface area contributed by atoms with Crippen molar-refractivity contribution in [1.29, 1.82) is 0 Å². The molecule has 1 saturated heterocycles. The molecule has 0 bridgehead atoms. The van der Waals surface area contributed by atoms with E-state index in [1.807, 2.05) is 0 Å². The number of hydrogen-bond acceptors (Lipinski definition) is 4. The Morgan fingerprint density at radius 1 is 1.33 bits per heavy atom. The first-order valence-corrected chi connectivity index (χ1v) is 5.29. The molecule has 0 spiro atoms. The van der Waals surface area contributed by atoms with Gasteiger partial charge in [0.05, 0.1) is 13.2 Å². The van der Waals surface area contributed by atoms with Crippen LogP contribution in [0.1, 0.15) is 19.8 Å². The quantitative estimate of drug-likeness (QED) is 0.702. The molecule has 1 aliphatic rings. The van der Waals surface area contributed by atoms with Gasteiger partial charge in [-0.1, -0.05) is 0 Å². The van der Waals surface area contributed by atoms with Crippen LogP contribution in [0.5, 0.6) is 0 Å². The van der Waals surface area contributed by atoms with Gasteiger partial charge in [-0.15, -0.1) is 0 Å². The maximum absolute atomic E-state index is 11.1. The number of rotatable bonds is 4. The SMILES string of the molecule is CC(=O)NC(=O)CCCN1CCOCC1. The predicted octanol–water partition coefficient (Wildman–Crippen LogP) is -0.238. The molecule has 0 aromatic heterocycles. The molecule has 1 N–H and O–H groups in total. The van der Waals surface area contributed by atoms with E-state index in [0.717, 1.165) is 39.3 Å². The van der Waals surface area contributed by atoms with E-state index < -0.39 is 0 Å². The van der Waals surface area contributed by atoms with Gasteiger partial charge in [-0.25, -0.2) is 0 Å².